The molecule has 0 heterocycles. The van der Waals surface area contributed by atoms with Gasteiger partial charge in [0.15, 0.2) is 0 Å². The lowest BCUT2D eigenvalue weighted by atomic mass is 10.3. The van der Waals surface area contributed by atoms with Crippen LogP contribution in [0.3, 0.4) is 0 Å². The number of nitrogens with two attached hydrogens (primary N) is 1. The van der Waals surface area contributed by atoms with Crippen molar-refractivity contribution in [2.24, 2.45) is 5.73 Å². The maximum Gasteiger partial charge on any atom is 0.0887 e. The van der Waals surface area contributed by atoms with Crippen LogP contribution in [-0.4, -0.2) is 32.1 Å². The van der Waals surface area contributed by atoms with E-state index in [0.29, 0.717) is 26.4 Å². The molecule has 0 rings (SSSR count). The highest BCUT2D eigenvalue weighted by molar-refractivity contribution is 8.21. The van der Waals surface area contributed by atoms with E-state index in [0.717, 1.165) is 18.6 Å². The van der Waals surface area contributed by atoms with Crippen molar-refractivity contribution in [1.82, 2.24) is 0 Å². The Bertz CT molecular complexity index is 130. The molecule has 0 atom stereocenters. The van der Waals surface area contributed by atoms with Gasteiger partial charge in [0.25, 0.3) is 0 Å². The number of rotatable bonds is 10. The molecule has 0 saturated heterocycles. The van der Waals surface area contributed by atoms with Gasteiger partial charge in [-0.25, -0.2) is 0 Å². The smallest absolute Gasteiger partial charge is 0.0887 e. The van der Waals surface area contributed by atoms with Gasteiger partial charge < -0.3 is 5.73 Å². The molecule has 0 aliphatic rings. The SMILES string of the molecule is CCOS(CCCCN)(OCC)OCC. The molecule has 0 aliphatic carbocycles. The summed E-state index contributed by atoms with van der Waals surface area (Å²) in [7, 11) is -1.77. The number of hydrogen-bond donors (Lipinski definition) is 1. The molecular weight excluding hydrogens is 214 g/mol. The third kappa shape index (κ3) is 6.37. The van der Waals surface area contributed by atoms with Crippen molar-refractivity contribution >= 4 is 10.9 Å². The molecule has 5 heteroatoms. The minimum atomic E-state index is -1.77. The summed E-state index contributed by atoms with van der Waals surface area (Å²) in [6, 6.07) is 0. The van der Waals surface area contributed by atoms with Gasteiger partial charge in [-0.3, -0.25) is 12.5 Å². The van der Waals surface area contributed by atoms with E-state index in [1.165, 1.54) is 0 Å². The quantitative estimate of drug-likeness (QED) is 0.595. The van der Waals surface area contributed by atoms with Crippen molar-refractivity contribution in [3.63, 3.8) is 0 Å². The lowest BCUT2D eigenvalue weighted by molar-refractivity contribution is 0.185. The van der Waals surface area contributed by atoms with Gasteiger partial charge in [-0.15, -0.1) is 0 Å². The van der Waals surface area contributed by atoms with Crippen LogP contribution in [0.2, 0.25) is 0 Å². The van der Waals surface area contributed by atoms with Crippen LogP contribution in [0.1, 0.15) is 33.6 Å². The van der Waals surface area contributed by atoms with Crippen LogP contribution in [0.5, 0.6) is 0 Å². The molecule has 0 bridgehead atoms. The second kappa shape index (κ2) is 9.42. The first-order valence-corrected chi connectivity index (χ1v) is 7.26. The zero-order valence-electron chi connectivity index (χ0n) is 10.2. The van der Waals surface area contributed by atoms with Crippen LogP contribution in [-0.2, 0) is 12.5 Å². The zero-order chi connectivity index (χ0) is 11.6. The second-order valence-electron chi connectivity index (χ2n) is 2.98. The number of hydrogen-bond acceptors (Lipinski definition) is 4. The first-order valence-electron chi connectivity index (χ1n) is 5.68. The van der Waals surface area contributed by atoms with E-state index >= 15 is 0 Å². The first-order chi connectivity index (χ1) is 7.24. The Kier molecular flexibility index (Phi) is 9.54. The molecule has 0 radical (unpaired) electrons. The predicted octanol–water partition coefficient (Wildman–Crippen LogP) is 2.38. The van der Waals surface area contributed by atoms with Crippen molar-refractivity contribution < 1.29 is 12.5 Å². The Labute approximate surface area is 95.4 Å². The predicted molar refractivity (Wildman–Crippen MR) is 65.6 cm³/mol. The average molecular weight is 239 g/mol. The monoisotopic (exact) mass is 239 g/mol. The third-order valence-electron chi connectivity index (χ3n) is 1.74. The molecule has 0 saturated carbocycles. The summed E-state index contributed by atoms with van der Waals surface area (Å²) in [6.45, 7) is 8.46. The lowest BCUT2D eigenvalue weighted by Gasteiger charge is -2.36. The maximum atomic E-state index is 5.66. The van der Waals surface area contributed by atoms with E-state index in [9.17, 15) is 0 Å². The van der Waals surface area contributed by atoms with Gasteiger partial charge >= 0.3 is 0 Å². The van der Waals surface area contributed by atoms with Crippen LogP contribution >= 0.6 is 10.9 Å². The molecular formula is C10H25NO3S. The molecule has 4 nitrogen and oxygen atoms in total. The highest BCUT2D eigenvalue weighted by Gasteiger charge is 2.25. The Morgan fingerprint density at radius 3 is 1.67 bits per heavy atom. The topological polar surface area (TPSA) is 53.7 Å². The average Bonchev–Trinajstić information content (AvgIpc) is 2.19. The fourth-order valence-electron chi connectivity index (χ4n) is 1.24. The zero-order valence-corrected chi connectivity index (χ0v) is 11.0. The summed E-state index contributed by atoms with van der Waals surface area (Å²) in [6.07, 6.45) is 1.98. The minimum Gasteiger partial charge on any atom is -0.330 e. The molecule has 0 spiro atoms. The molecule has 0 fully saturated rings. The van der Waals surface area contributed by atoms with Gasteiger partial charge in [-0.05, 0) is 40.2 Å². The molecule has 0 aromatic rings. The van der Waals surface area contributed by atoms with Gasteiger partial charge in [-0.2, -0.15) is 0 Å². The van der Waals surface area contributed by atoms with E-state index < -0.39 is 10.9 Å². The fourth-order valence-corrected chi connectivity index (χ4v) is 3.43. The first kappa shape index (κ1) is 15.2. The summed E-state index contributed by atoms with van der Waals surface area (Å²) < 4.78 is 17.0. The summed E-state index contributed by atoms with van der Waals surface area (Å²) in [5.74, 6) is 0.819. The van der Waals surface area contributed by atoms with Crippen molar-refractivity contribution in [3.05, 3.63) is 0 Å². The molecule has 0 unspecified atom stereocenters. The third-order valence-corrected chi connectivity index (χ3v) is 4.31. The molecule has 0 aliphatic heterocycles. The molecule has 0 aromatic carbocycles. The van der Waals surface area contributed by atoms with Gasteiger partial charge in [0.05, 0.1) is 30.7 Å². The summed E-state index contributed by atoms with van der Waals surface area (Å²) in [5, 5.41) is 0. The van der Waals surface area contributed by atoms with Crippen molar-refractivity contribution in [3.8, 4) is 0 Å². The van der Waals surface area contributed by atoms with Crippen molar-refractivity contribution in [1.29, 1.82) is 0 Å². The highest BCUT2D eigenvalue weighted by atomic mass is 32.3. The summed E-state index contributed by atoms with van der Waals surface area (Å²) in [4.78, 5) is 0. The van der Waals surface area contributed by atoms with Gasteiger partial charge in [0, 0.05) is 5.75 Å². The Morgan fingerprint density at radius 1 is 0.867 bits per heavy atom. The van der Waals surface area contributed by atoms with Crippen molar-refractivity contribution in [2.45, 2.75) is 33.6 Å². The Balaban J connectivity index is 4.18. The van der Waals surface area contributed by atoms with Crippen molar-refractivity contribution in [2.75, 3.05) is 32.1 Å². The lowest BCUT2D eigenvalue weighted by Crippen LogP contribution is -2.17. The Morgan fingerprint density at radius 2 is 1.33 bits per heavy atom. The van der Waals surface area contributed by atoms with Gasteiger partial charge in [0.2, 0.25) is 0 Å². The van der Waals surface area contributed by atoms with E-state index in [1.807, 2.05) is 20.8 Å². The largest absolute Gasteiger partial charge is 0.330 e. The van der Waals surface area contributed by atoms with E-state index in [2.05, 4.69) is 0 Å². The normalized spacial score (nSPS) is 13.1. The fraction of sp³-hybridized carbons (Fsp3) is 1.00. The van der Waals surface area contributed by atoms with Crippen LogP contribution in [0, 0.1) is 0 Å². The van der Waals surface area contributed by atoms with E-state index in [1.54, 1.807) is 0 Å². The summed E-state index contributed by atoms with van der Waals surface area (Å²) in [5.41, 5.74) is 5.47. The van der Waals surface area contributed by atoms with Crippen LogP contribution < -0.4 is 5.73 Å². The molecule has 15 heavy (non-hydrogen) atoms. The van der Waals surface area contributed by atoms with Crippen LogP contribution in [0.15, 0.2) is 0 Å². The highest BCUT2D eigenvalue weighted by Crippen LogP contribution is 2.51. The van der Waals surface area contributed by atoms with Gasteiger partial charge in [-0.1, -0.05) is 0 Å². The van der Waals surface area contributed by atoms with E-state index in [-0.39, 0.29) is 0 Å². The minimum absolute atomic E-state index is 0.623. The van der Waals surface area contributed by atoms with Crippen LogP contribution in [0.4, 0.5) is 0 Å². The standard InChI is InChI=1S/C10H25NO3S/c1-4-12-15(13-5-2,14-6-3)10-8-7-9-11/h4-11H2,1-3H3. The molecule has 94 valence electrons. The van der Waals surface area contributed by atoms with E-state index in [4.69, 9.17) is 18.3 Å². The second-order valence-corrected chi connectivity index (χ2v) is 5.21. The molecule has 0 aromatic heterocycles. The Hall–Kier alpha value is 0.190. The molecule has 2 N–H and O–H groups in total. The maximum absolute atomic E-state index is 5.66. The van der Waals surface area contributed by atoms with Crippen LogP contribution in [0.25, 0.3) is 0 Å². The van der Waals surface area contributed by atoms with Gasteiger partial charge in [0.1, 0.15) is 0 Å². The number of unbranched alkanes of at least 4 members (excludes halogenated alkanes) is 1. The molecule has 0 amide bonds. The summed E-state index contributed by atoms with van der Waals surface area (Å²) >= 11 is 0.